The Hall–Kier alpha value is -2.58. The molecular formula is C19H22NO6S-. The van der Waals surface area contributed by atoms with Crippen LogP contribution in [0.25, 0.3) is 0 Å². The molecule has 7 nitrogen and oxygen atoms in total. The summed E-state index contributed by atoms with van der Waals surface area (Å²) in [4.78, 5) is 11.1. The minimum absolute atomic E-state index is 0.00884. The first-order chi connectivity index (χ1) is 12.9. The molecule has 2 rings (SSSR count). The van der Waals surface area contributed by atoms with E-state index in [1.54, 1.807) is 24.3 Å². The maximum Gasteiger partial charge on any atom is 0.241 e. The lowest BCUT2D eigenvalue weighted by Crippen LogP contribution is -2.34. The molecule has 0 unspecified atom stereocenters. The van der Waals surface area contributed by atoms with Gasteiger partial charge in [0, 0.05) is 12.4 Å². The van der Waals surface area contributed by atoms with Gasteiger partial charge in [-0.2, -0.15) is 0 Å². The standard InChI is InChI=1S/C19H23NO6S/c1-3-12-26-16-6-4-14(5-7-16)18(13-19(21)22)20-27(23,24)17-10-8-15(25-2)9-11-17/h4-11,18,20H,3,12-13H2,1-2H3,(H,21,22)/p-1/t18-/m1/s1. The van der Waals surface area contributed by atoms with Crippen molar-refractivity contribution in [1.29, 1.82) is 0 Å². The molecule has 2 aromatic carbocycles. The van der Waals surface area contributed by atoms with E-state index in [-0.39, 0.29) is 4.90 Å². The fraction of sp³-hybridized carbons (Fsp3) is 0.316. The lowest BCUT2D eigenvalue weighted by Gasteiger charge is -2.20. The molecule has 0 heterocycles. The normalized spacial score (nSPS) is 12.4. The highest BCUT2D eigenvalue weighted by molar-refractivity contribution is 7.89. The van der Waals surface area contributed by atoms with Crippen molar-refractivity contribution in [2.24, 2.45) is 0 Å². The summed E-state index contributed by atoms with van der Waals surface area (Å²) in [5.74, 6) is -0.211. The highest BCUT2D eigenvalue weighted by atomic mass is 32.2. The van der Waals surface area contributed by atoms with Crippen molar-refractivity contribution in [3.63, 3.8) is 0 Å². The number of benzene rings is 2. The van der Waals surface area contributed by atoms with Crippen LogP contribution in [0.5, 0.6) is 11.5 Å². The quantitative estimate of drug-likeness (QED) is 0.659. The Morgan fingerprint density at radius 1 is 1.07 bits per heavy atom. The van der Waals surface area contributed by atoms with E-state index in [0.717, 1.165) is 6.42 Å². The Balaban J connectivity index is 2.23. The van der Waals surface area contributed by atoms with Gasteiger partial charge in [-0.3, -0.25) is 0 Å². The molecule has 2 aromatic rings. The van der Waals surface area contributed by atoms with Crippen molar-refractivity contribution in [2.75, 3.05) is 13.7 Å². The summed E-state index contributed by atoms with van der Waals surface area (Å²) in [6.45, 7) is 2.55. The van der Waals surface area contributed by atoms with Crippen LogP contribution in [-0.4, -0.2) is 28.1 Å². The minimum atomic E-state index is -3.93. The molecule has 0 aliphatic heterocycles. The molecule has 0 fully saturated rings. The van der Waals surface area contributed by atoms with E-state index in [4.69, 9.17) is 9.47 Å². The van der Waals surface area contributed by atoms with E-state index in [1.165, 1.54) is 31.4 Å². The second kappa shape index (κ2) is 9.38. The number of methoxy groups -OCH3 is 1. The SMILES string of the molecule is CCCOc1ccc([C@@H](CC(=O)[O-])NS(=O)(=O)c2ccc(OC)cc2)cc1. The van der Waals surface area contributed by atoms with Gasteiger partial charge in [0.2, 0.25) is 10.0 Å². The average Bonchev–Trinajstić information content (AvgIpc) is 2.65. The first kappa shape index (κ1) is 20.7. The Morgan fingerprint density at radius 3 is 2.19 bits per heavy atom. The highest BCUT2D eigenvalue weighted by Crippen LogP contribution is 2.24. The molecular weight excluding hydrogens is 370 g/mol. The van der Waals surface area contributed by atoms with E-state index in [9.17, 15) is 18.3 Å². The highest BCUT2D eigenvalue weighted by Gasteiger charge is 2.22. The molecule has 0 spiro atoms. The monoisotopic (exact) mass is 392 g/mol. The number of carboxylic acid groups (broad SMARTS) is 1. The van der Waals surface area contributed by atoms with Gasteiger partial charge in [-0.05, 0) is 48.4 Å². The fourth-order valence-electron chi connectivity index (χ4n) is 2.42. The zero-order valence-electron chi connectivity index (χ0n) is 15.2. The second-order valence-electron chi connectivity index (χ2n) is 5.84. The number of ether oxygens (including phenoxy) is 2. The number of carbonyl (C=O) groups is 1. The van der Waals surface area contributed by atoms with Crippen LogP contribution in [0, 0.1) is 0 Å². The Morgan fingerprint density at radius 2 is 1.67 bits per heavy atom. The molecule has 27 heavy (non-hydrogen) atoms. The zero-order chi connectivity index (χ0) is 19.9. The van der Waals surface area contributed by atoms with Gasteiger partial charge in [0.05, 0.1) is 24.7 Å². The number of nitrogens with one attached hydrogen (secondary N) is 1. The molecule has 1 atom stereocenters. The van der Waals surface area contributed by atoms with Crippen molar-refractivity contribution in [3.8, 4) is 11.5 Å². The van der Waals surface area contributed by atoms with Crippen molar-refractivity contribution in [2.45, 2.75) is 30.7 Å². The summed E-state index contributed by atoms with van der Waals surface area (Å²) < 4.78 is 38.2. The number of sulfonamides is 1. The topological polar surface area (TPSA) is 105 Å². The van der Waals surface area contributed by atoms with E-state index in [1.807, 2.05) is 6.92 Å². The van der Waals surface area contributed by atoms with Gasteiger partial charge in [0.15, 0.2) is 0 Å². The summed E-state index contributed by atoms with van der Waals surface area (Å²) >= 11 is 0. The van der Waals surface area contributed by atoms with Gasteiger partial charge in [-0.1, -0.05) is 19.1 Å². The molecule has 1 N–H and O–H groups in total. The Kier molecular flexibility index (Phi) is 7.20. The molecule has 0 aliphatic rings. The number of hydrogen-bond acceptors (Lipinski definition) is 6. The van der Waals surface area contributed by atoms with Gasteiger partial charge in [0.25, 0.3) is 0 Å². The Labute approximate surface area is 159 Å². The number of carbonyl (C=O) groups excluding carboxylic acids is 1. The van der Waals surface area contributed by atoms with Gasteiger partial charge in [-0.15, -0.1) is 0 Å². The van der Waals surface area contributed by atoms with Crippen LogP contribution in [0.2, 0.25) is 0 Å². The molecule has 146 valence electrons. The summed E-state index contributed by atoms with van der Waals surface area (Å²) in [5.41, 5.74) is 0.500. The van der Waals surface area contributed by atoms with E-state index < -0.39 is 28.5 Å². The van der Waals surface area contributed by atoms with E-state index in [2.05, 4.69) is 4.72 Å². The molecule has 0 saturated carbocycles. The Bertz CT molecular complexity index is 847. The summed E-state index contributed by atoms with van der Waals surface area (Å²) in [6, 6.07) is 11.5. The van der Waals surface area contributed by atoms with Crippen molar-refractivity contribution in [1.82, 2.24) is 4.72 Å². The first-order valence-corrected chi connectivity index (χ1v) is 9.93. The largest absolute Gasteiger partial charge is 0.550 e. The van der Waals surface area contributed by atoms with Crippen molar-refractivity contribution in [3.05, 3.63) is 54.1 Å². The zero-order valence-corrected chi connectivity index (χ0v) is 16.0. The van der Waals surface area contributed by atoms with Crippen LogP contribution >= 0.6 is 0 Å². The molecule has 0 aromatic heterocycles. The van der Waals surface area contributed by atoms with Gasteiger partial charge < -0.3 is 19.4 Å². The van der Waals surface area contributed by atoms with Gasteiger partial charge in [0.1, 0.15) is 11.5 Å². The second-order valence-corrected chi connectivity index (χ2v) is 7.56. The molecule has 0 saturated heterocycles. The summed E-state index contributed by atoms with van der Waals surface area (Å²) in [7, 11) is -2.45. The maximum absolute atomic E-state index is 12.6. The lowest BCUT2D eigenvalue weighted by atomic mass is 10.0. The molecule has 0 aliphatic carbocycles. The summed E-state index contributed by atoms with van der Waals surface area (Å²) in [6.07, 6.45) is 0.362. The van der Waals surface area contributed by atoms with Crippen LogP contribution in [0.15, 0.2) is 53.4 Å². The molecule has 0 bridgehead atoms. The lowest BCUT2D eigenvalue weighted by molar-refractivity contribution is -0.306. The van der Waals surface area contributed by atoms with Crippen LogP contribution in [-0.2, 0) is 14.8 Å². The minimum Gasteiger partial charge on any atom is -0.550 e. The van der Waals surface area contributed by atoms with Crippen LogP contribution < -0.4 is 19.3 Å². The predicted octanol–water partition coefficient (Wildman–Crippen LogP) is 1.64. The smallest absolute Gasteiger partial charge is 0.241 e. The first-order valence-electron chi connectivity index (χ1n) is 8.44. The molecule has 8 heteroatoms. The third-order valence-corrected chi connectivity index (χ3v) is 5.28. The van der Waals surface area contributed by atoms with E-state index in [0.29, 0.717) is 23.7 Å². The fourth-order valence-corrected chi connectivity index (χ4v) is 3.65. The van der Waals surface area contributed by atoms with Crippen LogP contribution in [0.3, 0.4) is 0 Å². The van der Waals surface area contributed by atoms with Crippen LogP contribution in [0.4, 0.5) is 0 Å². The van der Waals surface area contributed by atoms with Crippen LogP contribution in [0.1, 0.15) is 31.4 Å². The number of carboxylic acids is 1. The third-order valence-electron chi connectivity index (χ3n) is 3.79. The number of hydrogen-bond donors (Lipinski definition) is 1. The van der Waals surface area contributed by atoms with Gasteiger partial charge >= 0.3 is 0 Å². The number of rotatable bonds is 10. The predicted molar refractivity (Wildman–Crippen MR) is 97.9 cm³/mol. The molecule has 0 radical (unpaired) electrons. The van der Waals surface area contributed by atoms with Gasteiger partial charge in [-0.25, -0.2) is 13.1 Å². The third kappa shape index (κ3) is 5.97. The summed E-state index contributed by atoms with van der Waals surface area (Å²) in [5, 5.41) is 11.1. The maximum atomic E-state index is 12.6. The molecule has 0 amide bonds. The number of aliphatic carboxylic acids is 1. The van der Waals surface area contributed by atoms with Crippen molar-refractivity contribution >= 4 is 16.0 Å². The average molecular weight is 392 g/mol. The van der Waals surface area contributed by atoms with E-state index >= 15 is 0 Å². The van der Waals surface area contributed by atoms with Crippen molar-refractivity contribution < 1.29 is 27.8 Å².